The predicted molar refractivity (Wildman–Crippen MR) is 93.8 cm³/mol. The zero-order valence-electron chi connectivity index (χ0n) is 11.9. The predicted octanol–water partition coefficient (Wildman–Crippen LogP) is 5.49. The van der Waals surface area contributed by atoms with Crippen molar-refractivity contribution in [2.45, 2.75) is 42.4 Å². The lowest BCUT2D eigenvalue weighted by Gasteiger charge is -2.14. The lowest BCUT2D eigenvalue weighted by atomic mass is 10.3. The molecular weight excluding hydrogens is 344 g/mol. The number of anilines is 1. The van der Waals surface area contributed by atoms with Gasteiger partial charge in [0.15, 0.2) is 0 Å². The van der Waals surface area contributed by atoms with Gasteiger partial charge in [-0.2, -0.15) is 0 Å². The molecule has 3 rings (SSSR count). The average molecular weight is 363 g/mol. The molecule has 1 saturated carbocycles. The molecule has 21 heavy (non-hydrogen) atoms. The monoisotopic (exact) mass is 362 g/mol. The van der Waals surface area contributed by atoms with E-state index in [2.05, 4.69) is 50.5 Å². The van der Waals surface area contributed by atoms with Crippen LogP contribution in [-0.2, 0) is 6.54 Å². The summed E-state index contributed by atoms with van der Waals surface area (Å²) in [6.45, 7) is 0.752. The number of halogens is 1. The smallest absolute Gasteiger partial charge is 0.106 e. The summed E-state index contributed by atoms with van der Waals surface area (Å²) in [4.78, 5) is 5.83. The quantitative estimate of drug-likeness (QED) is 0.711. The van der Waals surface area contributed by atoms with Gasteiger partial charge in [-0.15, -0.1) is 11.8 Å². The van der Waals surface area contributed by atoms with E-state index < -0.39 is 0 Å². The number of aromatic nitrogens is 1. The van der Waals surface area contributed by atoms with Crippen LogP contribution in [0.4, 0.5) is 5.69 Å². The number of thioether (sulfide) groups is 1. The second-order valence-corrected chi connectivity index (χ2v) is 7.48. The van der Waals surface area contributed by atoms with E-state index in [1.165, 1.54) is 36.3 Å². The lowest BCUT2D eigenvalue weighted by molar-refractivity contribution is 0.886. The third-order valence-corrected chi connectivity index (χ3v) is 5.57. The number of para-hydroxylation sites is 1. The molecule has 0 amide bonds. The van der Waals surface area contributed by atoms with Crippen LogP contribution in [0, 0.1) is 0 Å². The molecule has 1 aliphatic carbocycles. The van der Waals surface area contributed by atoms with E-state index in [4.69, 9.17) is 0 Å². The van der Waals surface area contributed by atoms with Crippen LogP contribution in [0.2, 0.25) is 0 Å². The molecule has 4 heteroatoms. The fourth-order valence-electron chi connectivity index (χ4n) is 2.64. The van der Waals surface area contributed by atoms with E-state index in [0.29, 0.717) is 0 Å². The van der Waals surface area contributed by atoms with Gasteiger partial charge in [0.1, 0.15) is 4.60 Å². The van der Waals surface area contributed by atoms with Crippen LogP contribution in [0.1, 0.15) is 31.4 Å². The first-order chi connectivity index (χ1) is 10.3. The van der Waals surface area contributed by atoms with Gasteiger partial charge in [-0.05, 0) is 53.0 Å². The van der Waals surface area contributed by atoms with Crippen LogP contribution in [0.15, 0.2) is 52.0 Å². The minimum Gasteiger partial charge on any atom is -0.378 e. The van der Waals surface area contributed by atoms with Gasteiger partial charge in [-0.25, -0.2) is 4.98 Å². The van der Waals surface area contributed by atoms with E-state index in [-0.39, 0.29) is 0 Å². The summed E-state index contributed by atoms with van der Waals surface area (Å²) in [6, 6.07) is 14.6. The number of nitrogens with zero attached hydrogens (tertiary/aromatic N) is 1. The van der Waals surface area contributed by atoms with Crippen molar-refractivity contribution in [2.24, 2.45) is 0 Å². The molecule has 1 fully saturated rings. The standard InChI is InChI=1S/C17H19BrN2S/c18-17-11-5-6-13(20-17)12-19-15-9-3-4-10-16(15)21-14-7-1-2-8-14/h3-6,9-11,14,19H,1-2,7-8,12H2. The summed E-state index contributed by atoms with van der Waals surface area (Å²) in [7, 11) is 0. The highest BCUT2D eigenvalue weighted by Crippen LogP contribution is 2.38. The van der Waals surface area contributed by atoms with Crippen molar-refractivity contribution >= 4 is 33.4 Å². The molecule has 0 bridgehead atoms. The number of hydrogen-bond acceptors (Lipinski definition) is 3. The second-order valence-electron chi connectivity index (χ2n) is 5.33. The first kappa shape index (κ1) is 14.9. The third-order valence-electron chi connectivity index (χ3n) is 3.72. The molecule has 1 aromatic heterocycles. The van der Waals surface area contributed by atoms with E-state index >= 15 is 0 Å². The Hall–Kier alpha value is -1.00. The Morgan fingerprint density at radius 1 is 1.10 bits per heavy atom. The summed E-state index contributed by atoms with van der Waals surface area (Å²) < 4.78 is 0.885. The van der Waals surface area contributed by atoms with E-state index in [1.807, 2.05) is 30.0 Å². The molecular formula is C17H19BrN2S. The first-order valence-electron chi connectivity index (χ1n) is 7.42. The molecule has 1 aromatic carbocycles. The number of nitrogens with one attached hydrogen (secondary N) is 1. The zero-order valence-corrected chi connectivity index (χ0v) is 14.3. The number of pyridine rings is 1. The minimum absolute atomic E-state index is 0.752. The van der Waals surface area contributed by atoms with Crippen LogP contribution in [0.3, 0.4) is 0 Å². The fourth-order valence-corrected chi connectivity index (χ4v) is 4.37. The summed E-state index contributed by atoms with van der Waals surface area (Å²) in [5.74, 6) is 0. The fraction of sp³-hybridized carbons (Fsp3) is 0.353. The second kappa shape index (κ2) is 7.32. The molecule has 0 atom stereocenters. The Morgan fingerprint density at radius 2 is 1.90 bits per heavy atom. The van der Waals surface area contributed by atoms with Gasteiger partial charge in [-0.1, -0.05) is 31.0 Å². The molecule has 1 heterocycles. The Bertz CT molecular complexity index is 597. The number of benzene rings is 1. The van der Waals surface area contributed by atoms with Crippen LogP contribution >= 0.6 is 27.7 Å². The summed E-state index contributed by atoms with van der Waals surface area (Å²) >= 11 is 5.44. The van der Waals surface area contributed by atoms with E-state index in [9.17, 15) is 0 Å². The third kappa shape index (κ3) is 4.24. The first-order valence-corrected chi connectivity index (χ1v) is 9.09. The highest BCUT2D eigenvalue weighted by atomic mass is 79.9. The number of hydrogen-bond donors (Lipinski definition) is 1. The topological polar surface area (TPSA) is 24.9 Å². The molecule has 110 valence electrons. The van der Waals surface area contributed by atoms with Gasteiger partial charge in [0.2, 0.25) is 0 Å². The highest BCUT2D eigenvalue weighted by molar-refractivity contribution is 9.10. The normalized spacial score (nSPS) is 15.3. The van der Waals surface area contributed by atoms with Gasteiger partial charge in [0.05, 0.1) is 12.2 Å². The van der Waals surface area contributed by atoms with Crippen molar-refractivity contribution in [1.82, 2.24) is 4.98 Å². The largest absolute Gasteiger partial charge is 0.378 e. The van der Waals surface area contributed by atoms with Crippen LogP contribution in [0.25, 0.3) is 0 Å². The molecule has 1 aliphatic rings. The summed E-state index contributed by atoms with van der Waals surface area (Å²) in [5, 5.41) is 4.32. The van der Waals surface area contributed by atoms with Crippen molar-refractivity contribution < 1.29 is 0 Å². The van der Waals surface area contributed by atoms with Gasteiger partial charge in [0, 0.05) is 15.8 Å². The van der Waals surface area contributed by atoms with Gasteiger partial charge in [-0.3, -0.25) is 0 Å². The van der Waals surface area contributed by atoms with E-state index in [1.54, 1.807) is 0 Å². The summed E-state index contributed by atoms with van der Waals surface area (Å²) in [5.41, 5.74) is 2.27. The average Bonchev–Trinajstić information content (AvgIpc) is 2.99. The molecule has 0 radical (unpaired) electrons. The van der Waals surface area contributed by atoms with Crippen molar-refractivity contribution in [2.75, 3.05) is 5.32 Å². The van der Waals surface area contributed by atoms with Gasteiger partial charge < -0.3 is 5.32 Å². The van der Waals surface area contributed by atoms with Crippen LogP contribution in [-0.4, -0.2) is 10.2 Å². The maximum Gasteiger partial charge on any atom is 0.106 e. The Kier molecular flexibility index (Phi) is 5.20. The highest BCUT2D eigenvalue weighted by Gasteiger charge is 2.17. The van der Waals surface area contributed by atoms with Gasteiger partial charge >= 0.3 is 0 Å². The van der Waals surface area contributed by atoms with Gasteiger partial charge in [0.25, 0.3) is 0 Å². The van der Waals surface area contributed by atoms with Crippen molar-refractivity contribution in [3.8, 4) is 0 Å². The molecule has 0 saturated heterocycles. The van der Waals surface area contributed by atoms with Crippen LogP contribution in [0.5, 0.6) is 0 Å². The molecule has 0 unspecified atom stereocenters. The van der Waals surface area contributed by atoms with Crippen molar-refractivity contribution in [3.05, 3.63) is 52.8 Å². The SMILES string of the molecule is Brc1cccc(CNc2ccccc2SC2CCCC2)n1. The number of rotatable bonds is 5. The zero-order chi connectivity index (χ0) is 14.5. The minimum atomic E-state index is 0.752. The summed E-state index contributed by atoms with van der Waals surface area (Å²) in [6.07, 6.45) is 5.48. The Balaban J connectivity index is 1.67. The Morgan fingerprint density at radius 3 is 2.71 bits per heavy atom. The van der Waals surface area contributed by atoms with Crippen molar-refractivity contribution in [1.29, 1.82) is 0 Å². The molecule has 2 nitrogen and oxygen atoms in total. The maximum absolute atomic E-state index is 4.47. The molecule has 0 aliphatic heterocycles. The lowest BCUT2D eigenvalue weighted by Crippen LogP contribution is -2.03. The molecule has 1 N–H and O–H groups in total. The molecule has 0 spiro atoms. The Labute approximate surface area is 138 Å². The van der Waals surface area contributed by atoms with Crippen molar-refractivity contribution in [3.63, 3.8) is 0 Å². The van der Waals surface area contributed by atoms with E-state index in [0.717, 1.165) is 22.1 Å². The molecule has 2 aromatic rings. The van der Waals surface area contributed by atoms with Crippen LogP contribution < -0.4 is 5.32 Å². The maximum atomic E-state index is 4.47.